The number of nitrogens with one attached hydrogen (secondary N) is 2. The minimum Gasteiger partial charge on any atom is -0.507 e. The van der Waals surface area contributed by atoms with Crippen LogP contribution in [0.15, 0.2) is 24.3 Å². The third-order valence-electron chi connectivity index (χ3n) is 7.24. The van der Waals surface area contributed by atoms with Gasteiger partial charge >= 0.3 is 5.97 Å². The summed E-state index contributed by atoms with van der Waals surface area (Å²) in [7, 11) is 0. The summed E-state index contributed by atoms with van der Waals surface area (Å²) in [4.78, 5) is 25.3. The average molecular weight is 589 g/mol. The van der Waals surface area contributed by atoms with E-state index in [1.807, 2.05) is 0 Å². The van der Waals surface area contributed by atoms with Gasteiger partial charge in [0.05, 0.1) is 17.5 Å². The topological polar surface area (TPSA) is 158 Å². The molecule has 0 radical (unpaired) electrons. The lowest BCUT2D eigenvalue weighted by molar-refractivity contribution is -0.205. The number of aliphatic hydroxyl groups excluding tert-OH is 3. The molecule has 1 aromatic carbocycles. The van der Waals surface area contributed by atoms with Crippen molar-refractivity contribution in [2.75, 3.05) is 18.9 Å². The minimum atomic E-state index is -1.53. The summed E-state index contributed by atoms with van der Waals surface area (Å²) in [5, 5.41) is 47.1. The molecule has 6 N–H and O–H groups in total. The van der Waals surface area contributed by atoms with Crippen LogP contribution >= 0.6 is 23.4 Å². The van der Waals surface area contributed by atoms with Gasteiger partial charge in [-0.1, -0.05) is 38.3 Å². The number of hydrogen-bond acceptors (Lipinski definition) is 10. The van der Waals surface area contributed by atoms with Crippen LogP contribution in [0.5, 0.6) is 5.75 Å². The largest absolute Gasteiger partial charge is 0.507 e. The van der Waals surface area contributed by atoms with Gasteiger partial charge in [0.2, 0.25) is 5.91 Å². The second kappa shape index (κ2) is 15.4. The molecule has 2 saturated heterocycles. The number of hydrogen-bond donors (Lipinski definition) is 6. The van der Waals surface area contributed by atoms with Crippen molar-refractivity contribution in [1.82, 2.24) is 10.6 Å². The SMILES string of the molecule is CCCCC[C@H]1CN[C@H](C(=O)N[C@@H]([C@H]2O[C@H](SCCOC(=O)c3ccccc3O)[C@H](O)[C@@H](O)[C@H]2O)[C@H](C)Cl)C1. The molecular weight excluding hydrogens is 548 g/mol. The predicted octanol–water partition coefficient (Wildman–Crippen LogP) is 1.76. The summed E-state index contributed by atoms with van der Waals surface area (Å²) < 4.78 is 11.2. The number of thioether (sulfide) groups is 1. The van der Waals surface area contributed by atoms with Crippen LogP contribution in [0.4, 0.5) is 0 Å². The van der Waals surface area contributed by atoms with Gasteiger partial charge in [-0.15, -0.1) is 23.4 Å². The van der Waals surface area contributed by atoms with Crippen LogP contribution < -0.4 is 10.6 Å². The van der Waals surface area contributed by atoms with Gasteiger partial charge in [-0.2, -0.15) is 0 Å². The number of unbranched alkanes of at least 4 members (excludes halogenated alkanes) is 2. The number of para-hydroxylation sites is 1. The first-order chi connectivity index (χ1) is 18.6. The second-order valence-corrected chi connectivity index (χ2v) is 12.1. The first-order valence-corrected chi connectivity index (χ1v) is 15.1. The van der Waals surface area contributed by atoms with Crippen molar-refractivity contribution in [1.29, 1.82) is 0 Å². The molecule has 2 aliphatic rings. The maximum absolute atomic E-state index is 13.1. The molecule has 0 bridgehead atoms. The molecule has 2 aliphatic heterocycles. The zero-order chi connectivity index (χ0) is 28.5. The molecular formula is C27H41ClN2O8S. The summed E-state index contributed by atoms with van der Waals surface area (Å²) in [5.74, 6) is -0.506. The molecule has 0 aliphatic carbocycles. The minimum absolute atomic E-state index is 0.0359. The molecule has 12 heteroatoms. The fraction of sp³-hybridized carbons (Fsp3) is 0.704. The monoisotopic (exact) mass is 588 g/mol. The maximum Gasteiger partial charge on any atom is 0.341 e. The van der Waals surface area contributed by atoms with E-state index in [-0.39, 0.29) is 35.6 Å². The van der Waals surface area contributed by atoms with Crippen molar-refractivity contribution >= 4 is 35.2 Å². The smallest absolute Gasteiger partial charge is 0.341 e. The molecule has 9 atom stereocenters. The van der Waals surface area contributed by atoms with E-state index in [2.05, 4.69) is 17.6 Å². The van der Waals surface area contributed by atoms with Gasteiger partial charge in [0.15, 0.2) is 0 Å². The normalized spacial score (nSPS) is 30.5. The first kappa shape index (κ1) is 31.9. The summed E-state index contributed by atoms with van der Waals surface area (Å²) in [6.45, 7) is 4.54. The second-order valence-electron chi connectivity index (χ2n) is 10.2. The summed E-state index contributed by atoms with van der Waals surface area (Å²) in [5.41, 5.74) is -0.937. The van der Waals surface area contributed by atoms with Crippen molar-refractivity contribution < 1.29 is 39.5 Å². The summed E-state index contributed by atoms with van der Waals surface area (Å²) in [6, 6.07) is 4.80. The molecule has 0 spiro atoms. The molecule has 3 rings (SSSR count). The first-order valence-electron chi connectivity index (χ1n) is 13.6. The van der Waals surface area contributed by atoms with E-state index in [1.165, 1.54) is 18.6 Å². The van der Waals surface area contributed by atoms with E-state index in [1.54, 1.807) is 19.1 Å². The Bertz CT molecular complexity index is 941. The van der Waals surface area contributed by atoms with Crippen molar-refractivity contribution in [2.24, 2.45) is 5.92 Å². The van der Waals surface area contributed by atoms with Gasteiger partial charge in [0, 0.05) is 5.75 Å². The Hall–Kier alpha value is -1.60. The van der Waals surface area contributed by atoms with Gasteiger partial charge in [0.1, 0.15) is 47.8 Å². The van der Waals surface area contributed by atoms with Crippen LogP contribution in [0.25, 0.3) is 0 Å². The zero-order valence-electron chi connectivity index (χ0n) is 22.4. The van der Waals surface area contributed by atoms with Crippen LogP contribution in [0.2, 0.25) is 0 Å². The third kappa shape index (κ3) is 8.69. The highest BCUT2D eigenvalue weighted by molar-refractivity contribution is 7.99. The van der Waals surface area contributed by atoms with Crippen molar-refractivity contribution in [3.05, 3.63) is 29.8 Å². The van der Waals surface area contributed by atoms with E-state index < -0.39 is 47.2 Å². The van der Waals surface area contributed by atoms with E-state index in [4.69, 9.17) is 21.1 Å². The lowest BCUT2D eigenvalue weighted by Gasteiger charge is -2.44. The fourth-order valence-electron chi connectivity index (χ4n) is 4.97. The quantitative estimate of drug-likeness (QED) is 0.114. The number of phenols is 1. The number of aliphatic hydroxyl groups is 3. The molecule has 0 saturated carbocycles. The molecule has 2 heterocycles. The Morgan fingerprint density at radius 2 is 1.95 bits per heavy atom. The Morgan fingerprint density at radius 1 is 1.21 bits per heavy atom. The van der Waals surface area contributed by atoms with Crippen LogP contribution in [0, 0.1) is 5.92 Å². The van der Waals surface area contributed by atoms with E-state index >= 15 is 0 Å². The van der Waals surface area contributed by atoms with E-state index in [0.717, 1.165) is 37.6 Å². The number of alkyl halides is 1. The van der Waals surface area contributed by atoms with Gasteiger partial charge in [0.25, 0.3) is 0 Å². The lowest BCUT2D eigenvalue weighted by atomic mass is 9.92. The lowest BCUT2D eigenvalue weighted by Crippen LogP contribution is -2.65. The number of halogens is 1. The average Bonchev–Trinajstić information content (AvgIpc) is 3.39. The maximum atomic E-state index is 13.1. The van der Waals surface area contributed by atoms with Crippen LogP contribution in [-0.2, 0) is 14.3 Å². The van der Waals surface area contributed by atoms with Gasteiger partial charge in [-0.25, -0.2) is 4.79 Å². The molecule has 10 nitrogen and oxygen atoms in total. The van der Waals surface area contributed by atoms with Crippen LogP contribution in [0.1, 0.15) is 56.3 Å². The van der Waals surface area contributed by atoms with Gasteiger partial charge in [-0.3, -0.25) is 4.79 Å². The molecule has 2 fully saturated rings. The van der Waals surface area contributed by atoms with E-state index in [9.17, 15) is 30.0 Å². The Balaban J connectivity index is 1.55. The standard InChI is InChI=1S/C27H41ClN2O8S/c1-3-4-5-8-16-13-18(29-14-16)25(35)30-20(15(2)28)24-22(33)21(32)23(34)27(38-24)39-12-11-37-26(36)17-9-6-7-10-19(17)31/h6-7,9-10,15-16,18,20-24,27,29,31-34H,3-5,8,11-14H2,1-2H3,(H,30,35)/t15-,16+,18-,20+,21-,22+,23+,24+,27+/m0/s1. The number of phenolic OH excluding ortho intramolecular Hbond substituents is 1. The molecule has 0 unspecified atom stereocenters. The third-order valence-corrected chi connectivity index (χ3v) is 8.63. The highest BCUT2D eigenvalue weighted by atomic mass is 35.5. The Kier molecular flexibility index (Phi) is 12.6. The number of benzene rings is 1. The molecule has 220 valence electrons. The van der Waals surface area contributed by atoms with Crippen LogP contribution in [0.3, 0.4) is 0 Å². The molecule has 1 amide bonds. The van der Waals surface area contributed by atoms with Gasteiger partial charge in [-0.05, 0) is 44.4 Å². The summed E-state index contributed by atoms with van der Waals surface area (Å²) >= 11 is 7.50. The number of rotatable bonds is 13. The van der Waals surface area contributed by atoms with Crippen molar-refractivity contribution in [3.8, 4) is 5.75 Å². The van der Waals surface area contributed by atoms with Crippen LogP contribution in [-0.4, -0.2) is 98.5 Å². The predicted molar refractivity (Wildman–Crippen MR) is 149 cm³/mol. The highest BCUT2D eigenvalue weighted by Gasteiger charge is 2.48. The highest BCUT2D eigenvalue weighted by Crippen LogP contribution is 2.32. The fourth-order valence-corrected chi connectivity index (χ4v) is 6.15. The Morgan fingerprint density at radius 3 is 2.64 bits per heavy atom. The molecule has 39 heavy (non-hydrogen) atoms. The number of amides is 1. The number of carbonyl (C=O) groups is 2. The van der Waals surface area contributed by atoms with Crippen molar-refractivity contribution in [3.63, 3.8) is 0 Å². The van der Waals surface area contributed by atoms with Crippen molar-refractivity contribution in [2.45, 2.75) is 93.3 Å². The number of esters is 1. The van der Waals surface area contributed by atoms with Gasteiger partial charge < -0.3 is 40.5 Å². The Labute approximate surface area is 238 Å². The van der Waals surface area contributed by atoms with E-state index in [0.29, 0.717) is 12.3 Å². The number of ether oxygens (including phenoxy) is 2. The molecule has 0 aromatic heterocycles. The summed E-state index contributed by atoms with van der Waals surface area (Å²) in [6.07, 6.45) is -0.294. The number of carbonyl (C=O) groups excluding carboxylic acids is 2. The zero-order valence-corrected chi connectivity index (χ0v) is 23.9. The number of aromatic hydroxyl groups is 1. The molecule has 1 aromatic rings.